The third-order valence-corrected chi connectivity index (χ3v) is 7.67. The minimum atomic E-state index is -0.650. The summed E-state index contributed by atoms with van der Waals surface area (Å²) < 4.78 is 11.2. The Bertz CT molecular complexity index is 1840. The molecule has 5 aromatic rings. The molecule has 0 spiro atoms. The van der Waals surface area contributed by atoms with E-state index in [2.05, 4.69) is 20.9 Å². The quantitative estimate of drug-likeness (QED) is 0.0998. The van der Waals surface area contributed by atoms with Gasteiger partial charge in [0.25, 0.3) is 5.91 Å². The molecule has 0 fully saturated rings. The summed E-state index contributed by atoms with van der Waals surface area (Å²) >= 11 is 11.8. The highest BCUT2D eigenvalue weighted by molar-refractivity contribution is 6.18. The number of methoxy groups -OCH3 is 1. The number of amides is 2. The molecule has 1 aromatic heterocycles. The lowest BCUT2D eigenvalue weighted by Gasteiger charge is -2.22. The summed E-state index contributed by atoms with van der Waals surface area (Å²) in [6.07, 6.45) is -0.650. The average Bonchev–Trinajstić information content (AvgIpc) is 3.05. The summed E-state index contributed by atoms with van der Waals surface area (Å²) in [5, 5.41) is 10.6. The molecule has 0 radical (unpaired) electrons. The number of fused-ring (bicyclic) bond motifs is 2. The highest BCUT2D eigenvalue weighted by Gasteiger charge is 2.18. The van der Waals surface area contributed by atoms with Gasteiger partial charge in [-0.05, 0) is 61.0 Å². The number of anilines is 4. The number of ether oxygens (including phenoxy) is 2. The fourth-order valence-electron chi connectivity index (χ4n) is 5.15. The van der Waals surface area contributed by atoms with Crippen molar-refractivity contribution in [1.82, 2.24) is 10.3 Å². The van der Waals surface area contributed by atoms with Crippen molar-refractivity contribution in [3.63, 3.8) is 0 Å². The van der Waals surface area contributed by atoms with Crippen molar-refractivity contribution >= 4 is 79.8 Å². The van der Waals surface area contributed by atoms with Crippen LogP contribution in [0.1, 0.15) is 15.9 Å². The van der Waals surface area contributed by atoms with E-state index in [1.807, 2.05) is 49.4 Å². The van der Waals surface area contributed by atoms with Crippen LogP contribution in [0.3, 0.4) is 0 Å². The lowest BCUT2D eigenvalue weighted by Crippen LogP contribution is -2.27. The number of hydrogen-bond donors (Lipinski definition) is 3. The molecular weight excluding hydrogens is 613 g/mol. The molecule has 232 valence electrons. The maximum Gasteiger partial charge on any atom is 0.417 e. The van der Waals surface area contributed by atoms with Gasteiger partial charge in [-0.2, -0.15) is 0 Å². The van der Waals surface area contributed by atoms with Crippen LogP contribution in [0.25, 0.3) is 21.8 Å². The summed E-state index contributed by atoms with van der Waals surface area (Å²) in [7, 11) is 3.17. The van der Waals surface area contributed by atoms with Gasteiger partial charge in [-0.15, -0.1) is 23.2 Å². The Morgan fingerprint density at radius 2 is 1.58 bits per heavy atom. The molecule has 0 aliphatic rings. The second-order valence-electron chi connectivity index (χ2n) is 10.2. The molecule has 0 saturated carbocycles. The van der Waals surface area contributed by atoms with Crippen molar-refractivity contribution in [3.05, 3.63) is 90.0 Å². The number of nitrogens with one attached hydrogen (secondary N) is 3. The van der Waals surface area contributed by atoms with E-state index >= 15 is 0 Å². The average molecular weight is 647 g/mol. The van der Waals surface area contributed by atoms with Gasteiger partial charge in [0, 0.05) is 54.0 Å². The summed E-state index contributed by atoms with van der Waals surface area (Å²) in [4.78, 5) is 32.6. The number of alkyl halides is 2. The molecule has 11 heteroatoms. The monoisotopic (exact) mass is 645 g/mol. The molecule has 0 aliphatic carbocycles. The molecule has 0 aliphatic heterocycles. The van der Waals surface area contributed by atoms with Crippen LogP contribution in [0.15, 0.2) is 78.9 Å². The standard InChI is InChI=1S/C34H33Cl2N5O4/c1-21-6-4-7-25-30(21)40-32-26(8-5-9-27(32)33(42)37-2)31(25)39-28-20-22(10-15-29(28)44-3)38-34(43)45-24-13-11-23(12-14-24)41(18-16-35)19-17-36/h4-15,20H,16-19H2,1-3H3,(H,37,42)(H,38,43)(H,39,40). The van der Waals surface area contributed by atoms with Crippen molar-refractivity contribution in [2.45, 2.75) is 6.92 Å². The van der Waals surface area contributed by atoms with Gasteiger partial charge in [0.15, 0.2) is 0 Å². The predicted octanol–water partition coefficient (Wildman–Crippen LogP) is 7.70. The Morgan fingerprint density at radius 3 is 2.24 bits per heavy atom. The Hall–Kier alpha value is -4.73. The Morgan fingerprint density at radius 1 is 0.889 bits per heavy atom. The highest BCUT2D eigenvalue weighted by Crippen LogP contribution is 2.38. The molecule has 45 heavy (non-hydrogen) atoms. The van der Waals surface area contributed by atoms with Gasteiger partial charge in [-0.3, -0.25) is 10.1 Å². The number of benzene rings is 4. The van der Waals surface area contributed by atoms with Crippen LogP contribution >= 0.6 is 23.2 Å². The molecule has 1 heterocycles. The van der Waals surface area contributed by atoms with E-state index < -0.39 is 6.09 Å². The van der Waals surface area contributed by atoms with Crippen LogP contribution in [0.4, 0.5) is 27.5 Å². The molecule has 0 saturated heterocycles. The zero-order chi connectivity index (χ0) is 31.9. The predicted molar refractivity (Wildman–Crippen MR) is 183 cm³/mol. The molecule has 4 aromatic carbocycles. The van der Waals surface area contributed by atoms with E-state index in [1.165, 1.54) is 0 Å². The number of para-hydroxylation sites is 2. The number of hydrogen-bond acceptors (Lipinski definition) is 7. The minimum absolute atomic E-state index is 0.230. The van der Waals surface area contributed by atoms with Gasteiger partial charge in [0.05, 0.1) is 35.1 Å². The third kappa shape index (κ3) is 7.00. The number of nitrogens with zero attached hydrogens (tertiary/aromatic N) is 2. The van der Waals surface area contributed by atoms with Crippen molar-refractivity contribution in [3.8, 4) is 11.5 Å². The fraction of sp³-hybridized carbons (Fsp3) is 0.206. The first-order valence-electron chi connectivity index (χ1n) is 14.3. The van der Waals surface area contributed by atoms with Crippen LogP contribution in [0, 0.1) is 6.92 Å². The molecule has 0 atom stereocenters. The number of rotatable bonds is 11. The number of aromatic nitrogens is 1. The summed E-state index contributed by atoms with van der Waals surface area (Å²) in [5.41, 5.74) is 5.53. The first-order valence-corrected chi connectivity index (χ1v) is 15.4. The van der Waals surface area contributed by atoms with E-state index in [-0.39, 0.29) is 5.91 Å². The molecule has 0 bridgehead atoms. The number of pyridine rings is 1. The summed E-state index contributed by atoms with van der Waals surface area (Å²) in [6.45, 7) is 3.29. The van der Waals surface area contributed by atoms with Crippen LogP contribution in [0.2, 0.25) is 0 Å². The Kier molecular flexibility index (Phi) is 10.1. The van der Waals surface area contributed by atoms with Crippen LogP contribution in [-0.4, -0.2) is 56.0 Å². The largest absolute Gasteiger partial charge is 0.495 e. The van der Waals surface area contributed by atoms with Gasteiger partial charge >= 0.3 is 6.09 Å². The van der Waals surface area contributed by atoms with Crippen molar-refractivity contribution in [1.29, 1.82) is 0 Å². The normalized spacial score (nSPS) is 10.9. The topological polar surface area (TPSA) is 105 Å². The number of carbonyl (C=O) groups excluding carboxylic acids is 2. The zero-order valence-corrected chi connectivity index (χ0v) is 26.6. The zero-order valence-electron chi connectivity index (χ0n) is 25.1. The molecule has 5 rings (SSSR count). The van der Waals surface area contributed by atoms with Crippen molar-refractivity contribution < 1.29 is 19.1 Å². The second kappa shape index (κ2) is 14.4. The Balaban J connectivity index is 1.44. The SMILES string of the molecule is CNC(=O)c1cccc2c(Nc3cc(NC(=O)Oc4ccc(N(CCCl)CCCl)cc4)ccc3OC)c3cccc(C)c3nc12. The smallest absolute Gasteiger partial charge is 0.417 e. The van der Waals surface area contributed by atoms with E-state index in [9.17, 15) is 9.59 Å². The minimum Gasteiger partial charge on any atom is -0.495 e. The number of halogens is 2. The van der Waals surface area contributed by atoms with Gasteiger partial charge in [-0.25, -0.2) is 9.78 Å². The first kappa shape index (κ1) is 31.7. The van der Waals surface area contributed by atoms with E-state index in [4.69, 9.17) is 37.7 Å². The maximum atomic E-state index is 12.9. The van der Waals surface area contributed by atoms with Gasteiger partial charge in [0.1, 0.15) is 11.5 Å². The second-order valence-corrected chi connectivity index (χ2v) is 10.9. The fourth-order valence-corrected chi connectivity index (χ4v) is 5.56. The van der Waals surface area contributed by atoms with Gasteiger partial charge in [-0.1, -0.05) is 30.3 Å². The van der Waals surface area contributed by atoms with Crippen LogP contribution < -0.4 is 30.3 Å². The highest BCUT2D eigenvalue weighted by atomic mass is 35.5. The molecule has 3 N–H and O–H groups in total. The first-order chi connectivity index (χ1) is 21.9. The third-order valence-electron chi connectivity index (χ3n) is 7.33. The van der Waals surface area contributed by atoms with E-state index in [1.54, 1.807) is 50.6 Å². The van der Waals surface area contributed by atoms with E-state index in [0.29, 0.717) is 58.8 Å². The molecular formula is C34H33Cl2N5O4. The number of aryl methyl sites for hydroxylation is 1. The maximum absolute atomic E-state index is 12.9. The lowest BCUT2D eigenvalue weighted by molar-refractivity contribution is 0.0964. The Labute approximate surface area is 271 Å². The van der Waals surface area contributed by atoms with Crippen molar-refractivity contribution in [2.24, 2.45) is 0 Å². The molecule has 0 unspecified atom stereocenters. The summed E-state index contributed by atoms with van der Waals surface area (Å²) in [5.74, 6) is 1.65. The number of carbonyl (C=O) groups is 2. The van der Waals surface area contributed by atoms with Crippen LogP contribution in [0.5, 0.6) is 11.5 Å². The molecule has 9 nitrogen and oxygen atoms in total. The summed E-state index contributed by atoms with van der Waals surface area (Å²) in [6, 6.07) is 23.8. The van der Waals surface area contributed by atoms with Crippen molar-refractivity contribution in [2.75, 3.05) is 54.5 Å². The van der Waals surface area contributed by atoms with E-state index in [0.717, 1.165) is 33.2 Å². The van der Waals surface area contributed by atoms with Crippen LogP contribution in [-0.2, 0) is 0 Å². The van der Waals surface area contributed by atoms with Gasteiger partial charge in [0.2, 0.25) is 0 Å². The lowest BCUT2D eigenvalue weighted by atomic mass is 10.0. The van der Waals surface area contributed by atoms with Gasteiger partial charge < -0.3 is 25.0 Å². The molecule has 2 amide bonds.